The molecule has 3 rings (SSSR count). The van der Waals surface area contributed by atoms with Crippen molar-refractivity contribution in [1.82, 2.24) is 10.3 Å². The highest BCUT2D eigenvalue weighted by atomic mass is 16.4. The van der Waals surface area contributed by atoms with Gasteiger partial charge in [-0.1, -0.05) is 6.07 Å². The molecule has 23 heavy (non-hydrogen) atoms. The molecule has 0 saturated carbocycles. The summed E-state index contributed by atoms with van der Waals surface area (Å²) in [7, 11) is 0. The molecule has 6 nitrogen and oxygen atoms in total. The Morgan fingerprint density at radius 3 is 2.87 bits per heavy atom. The van der Waals surface area contributed by atoms with Gasteiger partial charge in [-0.25, -0.2) is 9.59 Å². The van der Waals surface area contributed by atoms with Gasteiger partial charge < -0.3 is 15.1 Å². The molecule has 0 saturated heterocycles. The lowest BCUT2D eigenvalue weighted by Gasteiger charge is -2.08. The number of urea groups is 1. The standard InChI is InChI=1S/C17H15N3O3/c21-16-7-4-12-11-14(5-6-15(12)23-16)20-17(22)19-10-8-13-3-1-2-9-18-13/h1-7,9,11H,8,10H2,(H2,19,20,22). The smallest absolute Gasteiger partial charge is 0.336 e. The quantitative estimate of drug-likeness (QED) is 0.725. The molecular formula is C17H15N3O3. The third-order valence-electron chi connectivity index (χ3n) is 3.27. The number of nitrogens with zero attached hydrogens (tertiary/aromatic N) is 1. The average molecular weight is 309 g/mol. The lowest BCUT2D eigenvalue weighted by atomic mass is 10.2. The number of fused-ring (bicyclic) bond motifs is 1. The Kier molecular flexibility index (Phi) is 4.33. The molecule has 0 spiro atoms. The predicted octanol–water partition coefficient (Wildman–Crippen LogP) is 2.55. The zero-order chi connectivity index (χ0) is 16.1. The number of hydrogen-bond donors (Lipinski definition) is 2. The normalized spacial score (nSPS) is 10.4. The van der Waals surface area contributed by atoms with Crippen molar-refractivity contribution in [3.8, 4) is 0 Å². The van der Waals surface area contributed by atoms with Crippen molar-refractivity contribution in [1.29, 1.82) is 0 Å². The minimum absolute atomic E-state index is 0.294. The summed E-state index contributed by atoms with van der Waals surface area (Å²) in [5.41, 5.74) is 1.64. The van der Waals surface area contributed by atoms with Crippen LogP contribution in [0.15, 0.2) is 63.9 Å². The minimum atomic E-state index is -0.398. The first-order valence-electron chi connectivity index (χ1n) is 7.19. The molecule has 2 N–H and O–H groups in total. The van der Waals surface area contributed by atoms with E-state index in [-0.39, 0.29) is 6.03 Å². The number of carbonyl (C=O) groups excluding carboxylic acids is 1. The van der Waals surface area contributed by atoms with Crippen LogP contribution in [0.1, 0.15) is 5.69 Å². The van der Waals surface area contributed by atoms with E-state index in [0.717, 1.165) is 11.1 Å². The second kappa shape index (κ2) is 6.74. The number of benzene rings is 1. The highest BCUT2D eigenvalue weighted by Crippen LogP contribution is 2.17. The van der Waals surface area contributed by atoms with Crippen molar-refractivity contribution >= 4 is 22.7 Å². The van der Waals surface area contributed by atoms with Crippen LogP contribution in [-0.2, 0) is 6.42 Å². The summed E-state index contributed by atoms with van der Waals surface area (Å²) in [5, 5.41) is 6.26. The fourth-order valence-electron chi connectivity index (χ4n) is 2.18. The summed E-state index contributed by atoms with van der Waals surface area (Å²) < 4.78 is 5.04. The maximum absolute atomic E-state index is 11.9. The van der Waals surface area contributed by atoms with E-state index < -0.39 is 5.63 Å². The number of carbonyl (C=O) groups is 1. The van der Waals surface area contributed by atoms with E-state index >= 15 is 0 Å². The van der Waals surface area contributed by atoms with Crippen LogP contribution >= 0.6 is 0 Å². The van der Waals surface area contributed by atoms with E-state index in [1.165, 1.54) is 6.07 Å². The van der Waals surface area contributed by atoms with Crippen LogP contribution in [0.2, 0.25) is 0 Å². The molecule has 116 valence electrons. The van der Waals surface area contributed by atoms with Gasteiger partial charge in [-0.3, -0.25) is 4.98 Å². The van der Waals surface area contributed by atoms with Gasteiger partial charge >= 0.3 is 11.7 Å². The monoisotopic (exact) mass is 309 g/mol. The molecule has 2 amide bonds. The van der Waals surface area contributed by atoms with Crippen LogP contribution < -0.4 is 16.3 Å². The molecule has 0 unspecified atom stereocenters. The van der Waals surface area contributed by atoms with Gasteiger partial charge in [-0.05, 0) is 36.4 Å². The summed E-state index contributed by atoms with van der Waals surface area (Å²) in [5.74, 6) is 0. The van der Waals surface area contributed by atoms with Crippen molar-refractivity contribution in [3.63, 3.8) is 0 Å². The third-order valence-corrected chi connectivity index (χ3v) is 3.27. The topological polar surface area (TPSA) is 84.2 Å². The highest BCUT2D eigenvalue weighted by Gasteiger charge is 2.04. The van der Waals surface area contributed by atoms with Crippen molar-refractivity contribution in [2.75, 3.05) is 11.9 Å². The van der Waals surface area contributed by atoms with Gasteiger partial charge in [0.15, 0.2) is 0 Å². The van der Waals surface area contributed by atoms with Crippen molar-refractivity contribution in [3.05, 3.63) is 70.8 Å². The van der Waals surface area contributed by atoms with Crippen molar-refractivity contribution in [2.24, 2.45) is 0 Å². The molecule has 0 fully saturated rings. The van der Waals surface area contributed by atoms with E-state index in [9.17, 15) is 9.59 Å². The second-order valence-electron chi connectivity index (χ2n) is 4.96. The molecule has 3 aromatic rings. The SMILES string of the molecule is O=C(NCCc1ccccn1)Nc1ccc2oc(=O)ccc2c1. The minimum Gasteiger partial charge on any atom is -0.423 e. The Morgan fingerprint density at radius 2 is 2.04 bits per heavy atom. The van der Waals surface area contributed by atoms with E-state index in [1.54, 1.807) is 30.5 Å². The number of anilines is 1. The molecule has 0 aliphatic heterocycles. The Labute approximate surface area is 132 Å². The van der Waals surface area contributed by atoms with E-state index in [1.807, 2.05) is 18.2 Å². The summed E-state index contributed by atoms with van der Waals surface area (Å²) in [6.45, 7) is 0.491. The maximum Gasteiger partial charge on any atom is 0.336 e. The van der Waals surface area contributed by atoms with Crippen LogP contribution in [0.25, 0.3) is 11.0 Å². The first-order chi connectivity index (χ1) is 11.2. The molecule has 0 aliphatic carbocycles. The van der Waals surface area contributed by atoms with Crippen LogP contribution in [0.5, 0.6) is 0 Å². The molecular weight excluding hydrogens is 294 g/mol. The lowest BCUT2D eigenvalue weighted by Crippen LogP contribution is -2.30. The summed E-state index contributed by atoms with van der Waals surface area (Å²) in [4.78, 5) is 27.2. The largest absolute Gasteiger partial charge is 0.423 e. The van der Waals surface area contributed by atoms with Gasteiger partial charge in [-0.2, -0.15) is 0 Å². The van der Waals surface area contributed by atoms with Crippen molar-refractivity contribution in [2.45, 2.75) is 6.42 Å². The predicted molar refractivity (Wildman–Crippen MR) is 87.4 cm³/mol. The molecule has 0 radical (unpaired) electrons. The number of rotatable bonds is 4. The van der Waals surface area contributed by atoms with E-state index in [4.69, 9.17) is 4.42 Å². The van der Waals surface area contributed by atoms with Crippen molar-refractivity contribution < 1.29 is 9.21 Å². The fraction of sp³-hybridized carbons (Fsp3) is 0.118. The molecule has 1 aromatic carbocycles. The van der Waals surface area contributed by atoms with Crippen LogP contribution in [0.3, 0.4) is 0 Å². The Hall–Kier alpha value is -3.15. The average Bonchev–Trinajstić information content (AvgIpc) is 2.56. The molecule has 0 bridgehead atoms. The van der Waals surface area contributed by atoms with Gasteiger partial charge in [-0.15, -0.1) is 0 Å². The highest BCUT2D eigenvalue weighted by molar-refractivity contribution is 5.92. The molecule has 6 heteroatoms. The van der Waals surface area contributed by atoms with Crippen LogP contribution in [0.4, 0.5) is 10.5 Å². The zero-order valence-electron chi connectivity index (χ0n) is 12.3. The first kappa shape index (κ1) is 14.8. The number of aromatic nitrogens is 1. The van der Waals surface area contributed by atoms with Gasteiger partial charge in [0.25, 0.3) is 0 Å². The number of hydrogen-bond acceptors (Lipinski definition) is 4. The van der Waals surface area contributed by atoms with Gasteiger partial charge in [0.1, 0.15) is 5.58 Å². The Morgan fingerprint density at radius 1 is 1.13 bits per heavy atom. The molecule has 0 aliphatic rings. The summed E-state index contributed by atoms with van der Waals surface area (Å²) in [6, 6.07) is 13.5. The van der Waals surface area contributed by atoms with Gasteiger partial charge in [0.05, 0.1) is 0 Å². The van der Waals surface area contributed by atoms with Gasteiger partial charge in [0, 0.05) is 42.0 Å². The number of amides is 2. The first-order valence-corrected chi connectivity index (χ1v) is 7.19. The zero-order valence-corrected chi connectivity index (χ0v) is 12.3. The third kappa shape index (κ3) is 3.94. The summed E-state index contributed by atoms with van der Waals surface area (Å²) in [6.07, 6.45) is 2.39. The molecule has 2 aromatic heterocycles. The van der Waals surface area contributed by atoms with E-state index in [2.05, 4.69) is 15.6 Å². The second-order valence-corrected chi connectivity index (χ2v) is 4.96. The number of pyridine rings is 1. The fourth-order valence-corrected chi connectivity index (χ4v) is 2.18. The Bertz CT molecular complexity index is 875. The molecule has 2 heterocycles. The maximum atomic E-state index is 11.9. The van der Waals surface area contributed by atoms with Crippen LogP contribution in [-0.4, -0.2) is 17.6 Å². The van der Waals surface area contributed by atoms with E-state index in [0.29, 0.717) is 24.2 Å². The Balaban J connectivity index is 1.57. The number of nitrogens with one attached hydrogen (secondary N) is 2. The van der Waals surface area contributed by atoms with Crippen LogP contribution in [0, 0.1) is 0 Å². The molecule has 0 atom stereocenters. The summed E-state index contributed by atoms with van der Waals surface area (Å²) >= 11 is 0. The van der Waals surface area contributed by atoms with Gasteiger partial charge in [0.2, 0.25) is 0 Å². The lowest BCUT2D eigenvalue weighted by molar-refractivity contribution is 0.252.